The lowest BCUT2D eigenvalue weighted by Crippen LogP contribution is -2.36. The van der Waals surface area contributed by atoms with Gasteiger partial charge in [0, 0.05) is 31.9 Å². The Hall–Kier alpha value is -3.42. The van der Waals surface area contributed by atoms with Gasteiger partial charge in [-0.15, -0.1) is 0 Å². The number of amides is 2. The number of hydrogen-bond donors (Lipinski definition) is 2. The number of nitrogens with one attached hydrogen (secondary N) is 1. The maximum absolute atomic E-state index is 11.8. The average Bonchev–Trinajstić information content (AvgIpc) is 3.19. The number of nitrogens with zero attached hydrogens (tertiary/aromatic N) is 4. The van der Waals surface area contributed by atoms with Crippen molar-refractivity contribution in [2.45, 2.75) is 26.3 Å². The second-order valence-corrected chi connectivity index (χ2v) is 7.26. The van der Waals surface area contributed by atoms with E-state index in [1.165, 1.54) is 17.8 Å². The number of aromatic nitrogens is 2. The van der Waals surface area contributed by atoms with E-state index in [-0.39, 0.29) is 17.6 Å². The number of anilines is 3. The normalized spacial score (nSPS) is 15.8. The monoisotopic (exact) mass is 394 g/mol. The van der Waals surface area contributed by atoms with Crippen molar-refractivity contribution in [1.29, 1.82) is 0 Å². The molecule has 0 bridgehead atoms. The summed E-state index contributed by atoms with van der Waals surface area (Å²) < 4.78 is 0. The molecular weight excluding hydrogens is 368 g/mol. The Morgan fingerprint density at radius 3 is 2.76 bits per heavy atom. The highest BCUT2D eigenvalue weighted by molar-refractivity contribution is 5.96. The third kappa shape index (κ3) is 4.37. The van der Waals surface area contributed by atoms with Gasteiger partial charge in [-0.3, -0.25) is 9.59 Å². The molecule has 8 nitrogen and oxygen atoms in total. The fourth-order valence-electron chi connectivity index (χ4n) is 3.35. The van der Waals surface area contributed by atoms with Crippen LogP contribution in [-0.4, -0.2) is 52.9 Å². The van der Waals surface area contributed by atoms with Gasteiger partial charge in [0.1, 0.15) is 5.82 Å². The van der Waals surface area contributed by atoms with Crippen LogP contribution in [0.15, 0.2) is 37.1 Å². The number of benzene rings is 1. The van der Waals surface area contributed by atoms with Gasteiger partial charge in [0.25, 0.3) is 5.91 Å². The largest absolute Gasteiger partial charge is 0.364 e. The zero-order chi connectivity index (χ0) is 21.1. The maximum atomic E-state index is 11.8. The number of likely N-dealkylation sites (tertiary alicyclic amines) is 1. The lowest BCUT2D eigenvalue weighted by molar-refractivity contribution is -0.125. The minimum atomic E-state index is -0.651. The summed E-state index contributed by atoms with van der Waals surface area (Å²) in [4.78, 5) is 36.3. The molecule has 1 aliphatic heterocycles. The zero-order valence-corrected chi connectivity index (χ0v) is 17.0. The Morgan fingerprint density at radius 1 is 1.34 bits per heavy atom. The van der Waals surface area contributed by atoms with E-state index in [2.05, 4.69) is 21.9 Å². The van der Waals surface area contributed by atoms with E-state index in [4.69, 9.17) is 5.73 Å². The molecule has 1 aromatic carbocycles. The number of primary amides is 1. The lowest BCUT2D eigenvalue weighted by Gasteiger charge is -2.26. The van der Waals surface area contributed by atoms with Crippen molar-refractivity contribution in [3.63, 3.8) is 0 Å². The molecule has 1 saturated heterocycles. The van der Waals surface area contributed by atoms with Crippen LogP contribution in [0.3, 0.4) is 0 Å². The standard InChI is InChI=1S/C21H26N6O2/c1-5-18(28)27-9-8-16(12-27)26(4)17-11-23-19(20(22)29)21(25-17)24-15-7-6-13(2)14(3)10-15/h5-7,10-11,16H,1,8-9,12H2,2-4H3,(H2,22,29)(H,24,25)/t16-/m1/s1. The lowest BCUT2D eigenvalue weighted by atomic mass is 10.1. The van der Waals surface area contributed by atoms with Crippen molar-refractivity contribution < 1.29 is 9.59 Å². The summed E-state index contributed by atoms with van der Waals surface area (Å²) in [5, 5.41) is 3.16. The quantitative estimate of drug-likeness (QED) is 0.728. The number of aryl methyl sites for hydroxylation is 2. The first kappa shape index (κ1) is 20.3. The highest BCUT2D eigenvalue weighted by atomic mass is 16.2. The molecule has 29 heavy (non-hydrogen) atoms. The molecule has 0 saturated carbocycles. The summed E-state index contributed by atoms with van der Waals surface area (Å²) in [6.07, 6.45) is 3.67. The highest BCUT2D eigenvalue weighted by Gasteiger charge is 2.29. The van der Waals surface area contributed by atoms with E-state index < -0.39 is 5.91 Å². The molecule has 0 unspecified atom stereocenters. The fourth-order valence-corrected chi connectivity index (χ4v) is 3.35. The van der Waals surface area contributed by atoms with Gasteiger partial charge in [-0.05, 0) is 49.6 Å². The number of nitrogens with two attached hydrogens (primary N) is 1. The molecular formula is C21H26N6O2. The Bertz CT molecular complexity index is 958. The molecule has 1 atom stereocenters. The van der Waals surface area contributed by atoms with Gasteiger partial charge in [-0.1, -0.05) is 12.6 Å². The molecule has 1 aliphatic rings. The van der Waals surface area contributed by atoms with E-state index in [9.17, 15) is 9.59 Å². The number of carbonyl (C=O) groups excluding carboxylic acids is 2. The molecule has 2 aromatic rings. The van der Waals surface area contributed by atoms with Crippen LogP contribution in [0.25, 0.3) is 0 Å². The zero-order valence-electron chi connectivity index (χ0n) is 17.0. The molecule has 2 amide bonds. The van der Waals surface area contributed by atoms with Crippen molar-refractivity contribution in [3.8, 4) is 0 Å². The second-order valence-electron chi connectivity index (χ2n) is 7.26. The fraction of sp³-hybridized carbons (Fsp3) is 0.333. The first-order chi connectivity index (χ1) is 13.8. The molecule has 0 radical (unpaired) electrons. The van der Waals surface area contributed by atoms with Crippen LogP contribution in [0.1, 0.15) is 28.0 Å². The van der Waals surface area contributed by atoms with E-state index in [1.807, 2.05) is 44.0 Å². The first-order valence-corrected chi connectivity index (χ1v) is 9.45. The predicted molar refractivity (Wildman–Crippen MR) is 113 cm³/mol. The summed E-state index contributed by atoms with van der Waals surface area (Å²) in [6, 6.07) is 5.99. The molecule has 1 fully saturated rings. The molecule has 0 spiro atoms. The smallest absolute Gasteiger partial charge is 0.271 e. The summed E-state index contributed by atoms with van der Waals surface area (Å²) in [6.45, 7) is 8.84. The second kappa shape index (κ2) is 8.30. The summed E-state index contributed by atoms with van der Waals surface area (Å²) in [7, 11) is 1.90. The minimum Gasteiger partial charge on any atom is -0.364 e. The summed E-state index contributed by atoms with van der Waals surface area (Å²) >= 11 is 0. The van der Waals surface area contributed by atoms with Gasteiger partial charge < -0.3 is 20.9 Å². The molecule has 3 N–H and O–H groups in total. The molecule has 152 valence electrons. The molecule has 8 heteroatoms. The first-order valence-electron chi connectivity index (χ1n) is 9.45. The van der Waals surface area contributed by atoms with Crippen LogP contribution in [0.2, 0.25) is 0 Å². The van der Waals surface area contributed by atoms with Gasteiger partial charge >= 0.3 is 0 Å². The number of carbonyl (C=O) groups is 2. The Balaban J connectivity index is 1.86. The SMILES string of the molecule is C=CC(=O)N1CC[C@@H](N(C)c2cnc(C(N)=O)c(Nc3ccc(C)c(C)c3)n2)C1. The van der Waals surface area contributed by atoms with E-state index in [0.29, 0.717) is 24.7 Å². The van der Waals surface area contributed by atoms with E-state index in [1.54, 1.807) is 4.90 Å². The highest BCUT2D eigenvalue weighted by Crippen LogP contribution is 2.25. The van der Waals surface area contributed by atoms with Crippen LogP contribution in [0, 0.1) is 13.8 Å². The van der Waals surface area contributed by atoms with Crippen LogP contribution in [-0.2, 0) is 4.79 Å². The van der Waals surface area contributed by atoms with Crippen molar-refractivity contribution >= 4 is 29.1 Å². The van der Waals surface area contributed by atoms with Gasteiger partial charge in [0.2, 0.25) is 5.91 Å². The average molecular weight is 394 g/mol. The third-order valence-electron chi connectivity index (χ3n) is 5.32. The molecule has 2 heterocycles. The maximum Gasteiger partial charge on any atom is 0.271 e. The molecule has 3 rings (SSSR count). The third-order valence-corrected chi connectivity index (χ3v) is 5.32. The predicted octanol–water partition coefficient (Wildman–Crippen LogP) is 2.16. The number of hydrogen-bond acceptors (Lipinski definition) is 6. The van der Waals surface area contributed by atoms with Crippen molar-refractivity contribution in [3.05, 3.63) is 53.9 Å². The Kier molecular flexibility index (Phi) is 5.81. The van der Waals surface area contributed by atoms with Gasteiger partial charge in [0.15, 0.2) is 11.5 Å². The van der Waals surface area contributed by atoms with E-state index >= 15 is 0 Å². The van der Waals surface area contributed by atoms with Crippen molar-refractivity contribution in [2.75, 3.05) is 30.4 Å². The summed E-state index contributed by atoms with van der Waals surface area (Å²) in [5.74, 6) is 0.177. The van der Waals surface area contributed by atoms with E-state index in [0.717, 1.165) is 17.7 Å². The Morgan fingerprint density at radius 2 is 2.10 bits per heavy atom. The molecule has 1 aromatic heterocycles. The number of likely N-dealkylation sites (N-methyl/N-ethyl adjacent to an activating group) is 1. The summed E-state index contributed by atoms with van der Waals surface area (Å²) in [5.41, 5.74) is 8.66. The van der Waals surface area contributed by atoms with Gasteiger partial charge in [-0.2, -0.15) is 0 Å². The van der Waals surface area contributed by atoms with Crippen LogP contribution >= 0.6 is 0 Å². The van der Waals surface area contributed by atoms with Crippen molar-refractivity contribution in [2.24, 2.45) is 5.73 Å². The van der Waals surface area contributed by atoms with Crippen LogP contribution in [0.5, 0.6) is 0 Å². The molecule has 0 aliphatic carbocycles. The van der Waals surface area contributed by atoms with Gasteiger partial charge in [-0.25, -0.2) is 9.97 Å². The van der Waals surface area contributed by atoms with Gasteiger partial charge in [0.05, 0.1) is 6.20 Å². The minimum absolute atomic E-state index is 0.0758. The number of rotatable bonds is 6. The van der Waals surface area contributed by atoms with Crippen LogP contribution in [0.4, 0.5) is 17.3 Å². The topological polar surface area (TPSA) is 104 Å². The Labute approximate surface area is 170 Å². The van der Waals surface area contributed by atoms with Crippen LogP contribution < -0.4 is 16.0 Å². The van der Waals surface area contributed by atoms with Crippen molar-refractivity contribution in [1.82, 2.24) is 14.9 Å².